The van der Waals surface area contributed by atoms with Crippen LogP contribution in [0.1, 0.15) is 10.5 Å². The number of hydrogen-bond donors (Lipinski definition) is 2. The van der Waals surface area contributed by atoms with Gasteiger partial charge in [0.25, 0.3) is 5.91 Å². The molecule has 0 spiro atoms. The molecule has 17 heavy (non-hydrogen) atoms. The maximum atomic E-state index is 11.9. The lowest BCUT2D eigenvalue weighted by atomic mass is 10.1. The van der Waals surface area contributed by atoms with E-state index in [-0.39, 0.29) is 29.6 Å². The van der Waals surface area contributed by atoms with Crippen molar-refractivity contribution >= 4 is 15.9 Å². The van der Waals surface area contributed by atoms with Crippen molar-refractivity contribution < 1.29 is 18.3 Å². The second-order valence-corrected chi connectivity index (χ2v) is 5.64. The van der Waals surface area contributed by atoms with Gasteiger partial charge in [0.2, 0.25) is 10.0 Å². The number of β-amino-alcohol motifs (C(OH)–C–C–N with tert-alkyl or cyclic N) is 1. The summed E-state index contributed by atoms with van der Waals surface area (Å²) in [6.45, 7) is 0.545. The third-order valence-electron chi connectivity index (χ3n) is 2.68. The zero-order valence-electron chi connectivity index (χ0n) is 9.20. The molecule has 1 aliphatic heterocycles. The third-order valence-corrected chi connectivity index (χ3v) is 3.56. The fourth-order valence-electron chi connectivity index (χ4n) is 1.69. The summed E-state index contributed by atoms with van der Waals surface area (Å²) in [6, 6.07) is 1.24. The van der Waals surface area contributed by atoms with E-state index in [0.29, 0.717) is 0 Å². The lowest BCUT2D eigenvalue weighted by Gasteiger charge is -2.35. The van der Waals surface area contributed by atoms with Gasteiger partial charge >= 0.3 is 0 Å². The molecule has 7 nitrogen and oxygen atoms in total. The zero-order valence-corrected chi connectivity index (χ0v) is 10.0. The number of amides is 1. The van der Waals surface area contributed by atoms with Crippen LogP contribution in [0.3, 0.4) is 0 Å². The average molecular weight is 259 g/mol. The van der Waals surface area contributed by atoms with E-state index < -0.39 is 16.1 Å². The molecular formula is C9H13N3O4S. The predicted octanol–water partition coefficient (Wildman–Crippen LogP) is -1.51. The molecule has 2 rings (SSSR count). The maximum Gasteiger partial charge on any atom is 0.270 e. The Balaban J connectivity index is 2.28. The van der Waals surface area contributed by atoms with Crippen molar-refractivity contribution in [1.82, 2.24) is 9.47 Å². The highest BCUT2D eigenvalue weighted by Crippen LogP contribution is 2.17. The minimum Gasteiger partial charge on any atom is -0.389 e. The number of aliphatic hydroxyl groups is 1. The summed E-state index contributed by atoms with van der Waals surface area (Å²) >= 11 is 0. The van der Waals surface area contributed by atoms with Crippen LogP contribution in [0.25, 0.3) is 0 Å². The lowest BCUT2D eigenvalue weighted by Crippen LogP contribution is -2.53. The molecule has 0 aromatic carbocycles. The van der Waals surface area contributed by atoms with Crippen LogP contribution in [-0.2, 0) is 17.1 Å². The summed E-state index contributed by atoms with van der Waals surface area (Å²) < 4.78 is 23.7. The van der Waals surface area contributed by atoms with Crippen LogP contribution < -0.4 is 5.14 Å². The Morgan fingerprint density at radius 2 is 2.12 bits per heavy atom. The second kappa shape index (κ2) is 3.83. The third kappa shape index (κ3) is 2.19. The van der Waals surface area contributed by atoms with Crippen molar-refractivity contribution in [3.63, 3.8) is 0 Å². The molecule has 0 saturated carbocycles. The quantitative estimate of drug-likeness (QED) is 0.673. The molecule has 1 aromatic heterocycles. The molecule has 3 N–H and O–H groups in total. The van der Waals surface area contributed by atoms with Gasteiger partial charge in [-0.2, -0.15) is 0 Å². The van der Waals surface area contributed by atoms with Crippen LogP contribution >= 0.6 is 0 Å². The van der Waals surface area contributed by atoms with Gasteiger partial charge in [0.1, 0.15) is 10.6 Å². The molecule has 0 radical (unpaired) electrons. The van der Waals surface area contributed by atoms with E-state index in [2.05, 4.69) is 0 Å². The molecule has 0 unspecified atom stereocenters. The van der Waals surface area contributed by atoms with Crippen molar-refractivity contribution in [2.45, 2.75) is 11.0 Å². The van der Waals surface area contributed by atoms with Gasteiger partial charge in [0.15, 0.2) is 0 Å². The Morgan fingerprint density at radius 3 is 2.53 bits per heavy atom. The summed E-state index contributed by atoms with van der Waals surface area (Å²) in [4.78, 5) is 13.2. The van der Waals surface area contributed by atoms with E-state index in [0.717, 1.165) is 0 Å². The van der Waals surface area contributed by atoms with Gasteiger partial charge in [-0.15, -0.1) is 0 Å². The summed E-state index contributed by atoms with van der Waals surface area (Å²) in [5.41, 5.74) is 0.237. The number of primary sulfonamides is 1. The first-order valence-corrected chi connectivity index (χ1v) is 6.50. The maximum absolute atomic E-state index is 11.9. The number of carbonyl (C=O) groups is 1. The topological polar surface area (TPSA) is 106 Å². The summed E-state index contributed by atoms with van der Waals surface area (Å²) in [5, 5.41) is 14.1. The Hall–Kier alpha value is -1.38. The molecule has 2 heterocycles. The number of hydrogen-bond acceptors (Lipinski definition) is 4. The van der Waals surface area contributed by atoms with Gasteiger partial charge in [-0.3, -0.25) is 4.79 Å². The summed E-state index contributed by atoms with van der Waals surface area (Å²) in [7, 11) is -2.24. The molecule has 1 aromatic rings. The molecule has 0 aliphatic carbocycles. The Labute approximate surface area is 98.5 Å². The van der Waals surface area contributed by atoms with E-state index in [9.17, 15) is 13.2 Å². The average Bonchev–Trinajstić information content (AvgIpc) is 2.54. The number of nitrogens with two attached hydrogens (primary N) is 1. The molecule has 94 valence electrons. The first-order valence-electron chi connectivity index (χ1n) is 4.95. The molecule has 1 fully saturated rings. The standard InChI is InChI=1S/C9H13N3O4S/c1-11-5-7(17(10,15)16)2-8(11)9(14)12-3-6(13)4-12/h2,5-6,13H,3-4H2,1H3,(H2,10,15,16). The highest BCUT2D eigenvalue weighted by molar-refractivity contribution is 7.89. The van der Waals surface area contributed by atoms with Gasteiger partial charge in [-0.25, -0.2) is 13.6 Å². The van der Waals surface area contributed by atoms with Gasteiger partial charge in [0, 0.05) is 26.3 Å². The van der Waals surface area contributed by atoms with E-state index >= 15 is 0 Å². The minimum absolute atomic E-state index is 0.0931. The Bertz CT molecular complexity index is 557. The molecule has 0 atom stereocenters. The van der Waals surface area contributed by atoms with Gasteiger partial charge in [-0.1, -0.05) is 0 Å². The number of aryl methyl sites for hydroxylation is 1. The largest absolute Gasteiger partial charge is 0.389 e. The normalized spacial score (nSPS) is 17.0. The monoisotopic (exact) mass is 259 g/mol. The van der Waals surface area contributed by atoms with Crippen molar-refractivity contribution in [1.29, 1.82) is 0 Å². The van der Waals surface area contributed by atoms with Crippen molar-refractivity contribution in [2.75, 3.05) is 13.1 Å². The number of sulfonamides is 1. The second-order valence-electron chi connectivity index (χ2n) is 4.08. The molecular weight excluding hydrogens is 246 g/mol. The van der Waals surface area contributed by atoms with E-state index in [4.69, 9.17) is 10.2 Å². The fourth-order valence-corrected chi connectivity index (χ4v) is 2.27. The summed E-state index contributed by atoms with van der Waals surface area (Å²) in [5.74, 6) is -0.312. The highest BCUT2D eigenvalue weighted by Gasteiger charge is 2.31. The van der Waals surface area contributed by atoms with E-state index in [1.54, 1.807) is 7.05 Å². The van der Waals surface area contributed by atoms with E-state index in [1.807, 2.05) is 0 Å². The first kappa shape index (κ1) is 12.1. The molecule has 1 saturated heterocycles. The van der Waals surface area contributed by atoms with Crippen molar-refractivity contribution in [3.8, 4) is 0 Å². The zero-order chi connectivity index (χ0) is 12.8. The van der Waals surface area contributed by atoms with Crippen LogP contribution in [0.2, 0.25) is 0 Å². The van der Waals surface area contributed by atoms with Crippen LogP contribution in [0, 0.1) is 0 Å². The minimum atomic E-state index is -3.80. The van der Waals surface area contributed by atoms with Gasteiger partial charge < -0.3 is 14.6 Å². The molecule has 1 aliphatic rings. The van der Waals surface area contributed by atoms with Gasteiger partial charge in [-0.05, 0) is 6.07 Å². The number of aliphatic hydroxyl groups excluding tert-OH is 1. The fraction of sp³-hybridized carbons (Fsp3) is 0.444. The van der Waals surface area contributed by atoms with Gasteiger partial charge in [0.05, 0.1) is 6.10 Å². The van der Waals surface area contributed by atoms with E-state index in [1.165, 1.54) is 21.7 Å². The molecule has 8 heteroatoms. The smallest absolute Gasteiger partial charge is 0.270 e. The number of rotatable bonds is 2. The van der Waals surface area contributed by atoms with Crippen LogP contribution in [0.15, 0.2) is 17.2 Å². The SMILES string of the molecule is Cn1cc(S(N)(=O)=O)cc1C(=O)N1CC(O)C1. The molecule has 1 amide bonds. The number of carbonyl (C=O) groups excluding carboxylic acids is 1. The predicted molar refractivity (Wildman–Crippen MR) is 58.7 cm³/mol. The van der Waals surface area contributed by atoms with Crippen LogP contribution in [0.4, 0.5) is 0 Å². The van der Waals surface area contributed by atoms with Crippen LogP contribution in [-0.4, -0.2) is 48.1 Å². The Morgan fingerprint density at radius 1 is 1.53 bits per heavy atom. The number of nitrogens with zero attached hydrogens (tertiary/aromatic N) is 2. The van der Waals surface area contributed by atoms with Crippen molar-refractivity contribution in [2.24, 2.45) is 12.2 Å². The first-order chi connectivity index (χ1) is 7.79. The number of likely N-dealkylation sites (tertiary alicyclic amines) is 1. The highest BCUT2D eigenvalue weighted by atomic mass is 32.2. The number of aromatic nitrogens is 1. The van der Waals surface area contributed by atoms with Crippen molar-refractivity contribution in [3.05, 3.63) is 18.0 Å². The van der Waals surface area contributed by atoms with Crippen LogP contribution in [0.5, 0.6) is 0 Å². The summed E-state index contributed by atoms with van der Waals surface area (Å²) in [6.07, 6.45) is 0.802. The lowest BCUT2D eigenvalue weighted by molar-refractivity contribution is 0.00526. The molecule has 0 bridgehead atoms. The Kier molecular flexibility index (Phi) is 2.72.